The van der Waals surface area contributed by atoms with Gasteiger partial charge in [-0.25, -0.2) is 0 Å². The van der Waals surface area contributed by atoms with Crippen LogP contribution in [-0.4, -0.2) is 41.7 Å². The van der Waals surface area contributed by atoms with Crippen LogP contribution in [0.5, 0.6) is 0 Å². The lowest BCUT2D eigenvalue weighted by Crippen LogP contribution is -2.45. The van der Waals surface area contributed by atoms with Gasteiger partial charge < -0.3 is 10.4 Å². The molecule has 1 aromatic rings. The Hall–Kier alpha value is -1.39. The minimum atomic E-state index is -0.651. The van der Waals surface area contributed by atoms with E-state index in [1.165, 1.54) is 5.56 Å². The summed E-state index contributed by atoms with van der Waals surface area (Å²) in [6.07, 6.45) is 1.06. The lowest BCUT2D eigenvalue weighted by molar-refractivity contribution is -0.143. The second-order valence-electron chi connectivity index (χ2n) is 5.63. The third-order valence-electron chi connectivity index (χ3n) is 4.43. The van der Waals surface area contributed by atoms with Gasteiger partial charge in [-0.2, -0.15) is 0 Å². The quantitative estimate of drug-likeness (QED) is 0.857. The smallest absolute Gasteiger partial charge is 0.308 e. The molecule has 0 amide bonds. The number of nitrogens with one attached hydrogen (secondary N) is 1. The summed E-state index contributed by atoms with van der Waals surface area (Å²) in [6, 6.07) is 10.8. The Labute approximate surface area is 113 Å². The number of rotatable bonds is 3. The highest BCUT2D eigenvalue weighted by molar-refractivity contribution is 5.71. The van der Waals surface area contributed by atoms with Gasteiger partial charge in [-0.1, -0.05) is 30.3 Å². The van der Waals surface area contributed by atoms with E-state index in [1.54, 1.807) is 0 Å². The van der Waals surface area contributed by atoms with Gasteiger partial charge in [-0.15, -0.1) is 0 Å². The largest absolute Gasteiger partial charge is 0.481 e. The molecule has 0 spiro atoms. The van der Waals surface area contributed by atoms with Crippen molar-refractivity contribution in [1.29, 1.82) is 0 Å². The fourth-order valence-electron chi connectivity index (χ4n) is 3.40. The van der Waals surface area contributed by atoms with Crippen LogP contribution in [0.25, 0.3) is 0 Å². The van der Waals surface area contributed by atoms with Gasteiger partial charge in [0, 0.05) is 31.6 Å². The molecule has 4 heteroatoms. The van der Waals surface area contributed by atoms with Gasteiger partial charge in [-0.3, -0.25) is 9.69 Å². The van der Waals surface area contributed by atoms with Crippen molar-refractivity contribution in [3.63, 3.8) is 0 Å². The van der Waals surface area contributed by atoms with Crippen molar-refractivity contribution in [2.75, 3.05) is 19.6 Å². The number of fused-ring (bicyclic) bond motifs is 1. The van der Waals surface area contributed by atoms with Crippen LogP contribution >= 0.6 is 0 Å². The number of carboxylic acids is 1. The Morgan fingerprint density at radius 1 is 1.37 bits per heavy atom. The lowest BCUT2D eigenvalue weighted by atomic mass is 9.85. The molecule has 2 heterocycles. The number of hydrogen-bond acceptors (Lipinski definition) is 3. The van der Waals surface area contributed by atoms with E-state index in [9.17, 15) is 9.90 Å². The molecule has 3 atom stereocenters. The average molecular weight is 260 g/mol. The Balaban J connectivity index is 1.65. The van der Waals surface area contributed by atoms with Crippen molar-refractivity contribution in [1.82, 2.24) is 10.2 Å². The predicted molar refractivity (Wildman–Crippen MR) is 72.7 cm³/mol. The van der Waals surface area contributed by atoms with E-state index >= 15 is 0 Å². The summed E-state index contributed by atoms with van der Waals surface area (Å²) in [4.78, 5) is 13.7. The molecule has 0 aliphatic carbocycles. The molecular weight excluding hydrogens is 240 g/mol. The summed E-state index contributed by atoms with van der Waals surface area (Å²) >= 11 is 0. The predicted octanol–water partition coefficient (Wildman–Crippen LogP) is 1.18. The number of piperidine rings is 1. The highest BCUT2D eigenvalue weighted by Gasteiger charge is 2.42. The molecule has 2 aliphatic heterocycles. The molecule has 3 unspecified atom stereocenters. The SMILES string of the molecule is O=C(O)C1CNC2CCN(Cc3ccccc3)CC21. The zero-order valence-corrected chi connectivity index (χ0v) is 11.0. The Kier molecular flexibility index (Phi) is 3.53. The van der Waals surface area contributed by atoms with E-state index < -0.39 is 5.97 Å². The van der Waals surface area contributed by atoms with Gasteiger partial charge in [0.05, 0.1) is 5.92 Å². The Morgan fingerprint density at radius 2 is 2.16 bits per heavy atom. The Morgan fingerprint density at radius 3 is 2.89 bits per heavy atom. The summed E-state index contributed by atoms with van der Waals surface area (Å²) in [5.41, 5.74) is 1.30. The fraction of sp³-hybridized carbons (Fsp3) is 0.533. The van der Waals surface area contributed by atoms with E-state index in [1.807, 2.05) is 6.07 Å². The highest BCUT2D eigenvalue weighted by atomic mass is 16.4. The fourth-order valence-corrected chi connectivity index (χ4v) is 3.40. The van der Waals surface area contributed by atoms with E-state index in [-0.39, 0.29) is 11.8 Å². The molecule has 19 heavy (non-hydrogen) atoms. The van der Waals surface area contributed by atoms with Crippen LogP contribution in [0.15, 0.2) is 30.3 Å². The number of carboxylic acid groups (broad SMARTS) is 1. The van der Waals surface area contributed by atoms with Gasteiger partial charge in [0.2, 0.25) is 0 Å². The zero-order valence-electron chi connectivity index (χ0n) is 11.0. The third kappa shape index (κ3) is 2.65. The van der Waals surface area contributed by atoms with Crippen LogP contribution in [0.3, 0.4) is 0 Å². The van der Waals surface area contributed by atoms with Gasteiger partial charge in [0.15, 0.2) is 0 Å². The van der Waals surface area contributed by atoms with E-state index in [0.29, 0.717) is 12.6 Å². The first kappa shape index (κ1) is 12.6. The molecule has 2 saturated heterocycles. The van der Waals surface area contributed by atoms with Crippen molar-refractivity contribution in [2.24, 2.45) is 11.8 Å². The number of aliphatic carboxylic acids is 1. The first-order chi connectivity index (χ1) is 9.24. The molecule has 4 nitrogen and oxygen atoms in total. The number of carbonyl (C=O) groups is 1. The molecular formula is C15H20N2O2. The third-order valence-corrected chi connectivity index (χ3v) is 4.43. The maximum absolute atomic E-state index is 11.3. The second kappa shape index (κ2) is 5.31. The van der Waals surface area contributed by atoms with Gasteiger partial charge in [0.25, 0.3) is 0 Å². The maximum Gasteiger partial charge on any atom is 0.308 e. The molecule has 0 aromatic heterocycles. The minimum Gasteiger partial charge on any atom is -0.481 e. The van der Waals surface area contributed by atoms with Crippen molar-refractivity contribution in [3.05, 3.63) is 35.9 Å². The zero-order chi connectivity index (χ0) is 13.2. The molecule has 2 N–H and O–H groups in total. The summed E-state index contributed by atoms with van der Waals surface area (Å²) < 4.78 is 0. The van der Waals surface area contributed by atoms with Gasteiger partial charge in [0.1, 0.15) is 0 Å². The number of benzene rings is 1. The molecule has 2 aliphatic rings. The Bertz CT molecular complexity index is 449. The second-order valence-corrected chi connectivity index (χ2v) is 5.63. The van der Waals surface area contributed by atoms with Gasteiger partial charge >= 0.3 is 5.97 Å². The monoisotopic (exact) mass is 260 g/mol. The first-order valence-electron chi connectivity index (χ1n) is 6.96. The van der Waals surface area contributed by atoms with Crippen LogP contribution in [-0.2, 0) is 11.3 Å². The van der Waals surface area contributed by atoms with Crippen LogP contribution < -0.4 is 5.32 Å². The van der Waals surface area contributed by atoms with Crippen LogP contribution in [0.4, 0.5) is 0 Å². The lowest BCUT2D eigenvalue weighted by Gasteiger charge is -2.36. The normalized spacial score (nSPS) is 31.1. The maximum atomic E-state index is 11.3. The molecule has 0 radical (unpaired) electrons. The van der Waals surface area contributed by atoms with E-state index in [0.717, 1.165) is 26.1 Å². The standard InChI is InChI=1S/C15H20N2O2/c18-15(19)12-8-16-14-6-7-17(10-13(12)14)9-11-4-2-1-3-5-11/h1-5,12-14,16H,6-10H2,(H,18,19). The number of hydrogen-bond donors (Lipinski definition) is 2. The van der Waals surface area contributed by atoms with E-state index in [2.05, 4.69) is 34.5 Å². The first-order valence-corrected chi connectivity index (χ1v) is 6.96. The topological polar surface area (TPSA) is 52.6 Å². The van der Waals surface area contributed by atoms with Crippen LogP contribution in [0.1, 0.15) is 12.0 Å². The minimum absolute atomic E-state index is 0.219. The van der Waals surface area contributed by atoms with Crippen molar-refractivity contribution < 1.29 is 9.90 Å². The molecule has 2 fully saturated rings. The molecule has 0 saturated carbocycles. The molecule has 3 rings (SSSR count). The van der Waals surface area contributed by atoms with Gasteiger partial charge in [-0.05, 0) is 18.5 Å². The summed E-state index contributed by atoms with van der Waals surface area (Å²) in [7, 11) is 0. The van der Waals surface area contributed by atoms with Crippen LogP contribution in [0.2, 0.25) is 0 Å². The molecule has 0 bridgehead atoms. The van der Waals surface area contributed by atoms with Crippen molar-refractivity contribution in [3.8, 4) is 0 Å². The summed E-state index contributed by atoms with van der Waals surface area (Å²) in [6.45, 7) is 3.50. The highest BCUT2D eigenvalue weighted by Crippen LogP contribution is 2.30. The van der Waals surface area contributed by atoms with Crippen molar-refractivity contribution >= 4 is 5.97 Å². The summed E-state index contributed by atoms with van der Waals surface area (Å²) in [5.74, 6) is -0.611. The average Bonchev–Trinajstić information content (AvgIpc) is 2.83. The molecule has 102 valence electrons. The number of nitrogens with zero attached hydrogens (tertiary/aromatic N) is 1. The summed E-state index contributed by atoms with van der Waals surface area (Å²) in [5, 5.41) is 12.6. The van der Waals surface area contributed by atoms with Crippen LogP contribution in [0, 0.1) is 11.8 Å². The van der Waals surface area contributed by atoms with E-state index in [4.69, 9.17) is 0 Å². The van der Waals surface area contributed by atoms with Crippen molar-refractivity contribution in [2.45, 2.75) is 19.0 Å². The number of likely N-dealkylation sites (tertiary alicyclic amines) is 1. The molecule has 1 aromatic carbocycles.